The second-order valence-electron chi connectivity index (χ2n) is 5.97. The van der Waals surface area contributed by atoms with E-state index in [9.17, 15) is 0 Å². The van der Waals surface area contributed by atoms with E-state index in [1.807, 2.05) is 7.11 Å². The zero-order valence-corrected chi connectivity index (χ0v) is 10.3. The number of hydrogen-bond acceptors (Lipinski definition) is 3. The minimum Gasteiger partial charge on any atom is -0.380 e. The number of ether oxygens (including phenoxy) is 1. The summed E-state index contributed by atoms with van der Waals surface area (Å²) in [4.78, 5) is 0. The zero-order valence-electron chi connectivity index (χ0n) is 10.3. The molecule has 1 heterocycles. The molecule has 3 fully saturated rings. The van der Waals surface area contributed by atoms with E-state index in [2.05, 4.69) is 10.6 Å². The highest BCUT2D eigenvalue weighted by molar-refractivity contribution is 5.05. The molecule has 0 bridgehead atoms. The fourth-order valence-electron chi connectivity index (χ4n) is 3.20. The van der Waals surface area contributed by atoms with Gasteiger partial charge in [0.15, 0.2) is 0 Å². The molecule has 2 atom stereocenters. The molecule has 0 aromatic heterocycles. The molecule has 1 aliphatic heterocycles. The second-order valence-corrected chi connectivity index (χ2v) is 5.97. The Balaban J connectivity index is 1.35. The summed E-state index contributed by atoms with van der Waals surface area (Å²) in [5.74, 6) is 1.07. The van der Waals surface area contributed by atoms with E-state index in [0.29, 0.717) is 12.1 Å². The topological polar surface area (TPSA) is 33.3 Å². The van der Waals surface area contributed by atoms with E-state index < -0.39 is 0 Å². The molecule has 0 spiro atoms. The lowest BCUT2D eigenvalue weighted by atomic mass is 10.0. The van der Waals surface area contributed by atoms with E-state index in [4.69, 9.17) is 4.74 Å². The van der Waals surface area contributed by atoms with Gasteiger partial charge in [-0.15, -0.1) is 0 Å². The van der Waals surface area contributed by atoms with Crippen molar-refractivity contribution in [2.45, 2.75) is 44.2 Å². The van der Waals surface area contributed by atoms with Gasteiger partial charge in [-0.25, -0.2) is 0 Å². The summed E-state index contributed by atoms with van der Waals surface area (Å²) < 4.78 is 5.36. The quantitative estimate of drug-likeness (QED) is 0.710. The van der Waals surface area contributed by atoms with Crippen molar-refractivity contribution < 1.29 is 4.74 Å². The fraction of sp³-hybridized carbons (Fsp3) is 1.00. The third kappa shape index (κ3) is 2.27. The minimum atomic E-state index is 0.435. The average Bonchev–Trinajstić information content (AvgIpc) is 3.17. The maximum atomic E-state index is 5.36. The molecule has 2 saturated carbocycles. The van der Waals surface area contributed by atoms with Crippen LogP contribution in [0.15, 0.2) is 0 Å². The Bertz CT molecular complexity index is 248. The fourth-order valence-corrected chi connectivity index (χ4v) is 3.20. The average molecular weight is 224 g/mol. The highest BCUT2D eigenvalue weighted by Gasteiger charge is 2.53. The van der Waals surface area contributed by atoms with Crippen molar-refractivity contribution in [1.82, 2.24) is 10.6 Å². The summed E-state index contributed by atoms with van der Waals surface area (Å²) in [6.07, 6.45) is 7.54. The zero-order chi connectivity index (χ0) is 11.0. The Labute approximate surface area is 98.3 Å². The van der Waals surface area contributed by atoms with Gasteiger partial charge in [-0.1, -0.05) is 0 Å². The Morgan fingerprint density at radius 2 is 2.19 bits per heavy atom. The summed E-state index contributed by atoms with van der Waals surface area (Å²) >= 11 is 0. The van der Waals surface area contributed by atoms with E-state index >= 15 is 0 Å². The van der Waals surface area contributed by atoms with Gasteiger partial charge in [0.1, 0.15) is 0 Å². The van der Waals surface area contributed by atoms with Gasteiger partial charge in [-0.2, -0.15) is 0 Å². The summed E-state index contributed by atoms with van der Waals surface area (Å²) in [5, 5.41) is 7.20. The van der Waals surface area contributed by atoms with Crippen LogP contribution in [0.3, 0.4) is 0 Å². The van der Waals surface area contributed by atoms with Crippen molar-refractivity contribution in [2.24, 2.45) is 11.3 Å². The Kier molecular flexibility index (Phi) is 2.94. The van der Waals surface area contributed by atoms with Gasteiger partial charge in [0.2, 0.25) is 0 Å². The molecule has 0 radical (unpaired) electrons. The van der Waals surface area contributed by atoms with Gasteiger partial charge in [-0.05, 0) is 43.4 Å². The lowest BCUT2D eigenvalue weighted by Crippen LogP contribution is -2.37. The number of hydrogen-bond donors (Lipinski definition) is 2. The molecule has 2 N–H and O–H groups in total. The molecule has 3 heteroatoms. The molecule has 3 rings (SSSR count). The highest BCUT2D eigenvalue weighted by atomic mass is 16.5. The largest absolute Gasteiger partial charge is 0.380 e. The first kappa shape index (κ1) is 11.0. The Morgan fingerprint density at radius 1 is 1.38 bits per heavy atom. The third-order valence-electron chi connectivity index (χ3n) is 4.72. The molecule has 3 aliphatic rings. The Hall–Kier alpha value is -0.120. The van der Waals surface area contributed by atoms with Crippen molar-refractivity contribution in [2.75, 3.05) is 26.7 Å². The molecule has 2 unspecified atom stereocenters. The first-order chi connectivity index (χ1) is 7.82. The smallest absolute Gasteiger partial charge is 0.0711 e. The number of nitrogens with one attached hydrogen (secondary N) is 2. The van der Waals surface area contributed by atoms with Crippen LogP contribution in [0, 0.1) is 11.3 Å². The van der Waals surface area contributed by atoms with Crippen molar-refractivity contribution in [3.05, 3.63) is 0 Å². The first-order valence-corrected chi connectivity index (χ1v) is 6.79. The summed E-state index contributed by atoms with van der Waals surface area (Å²) in [6.45, 7) is 3.40. The number of rotatable bonds is 6. The predicted molar refractivity (Wildman–Crippen MR) is 64.5 cm³/mol. The van der Waals surface area contributed by atoms with Gasteiger partial charge in [0.25, 0.3) is 0 Å². The lowest BCUT2D eigenvalue weighted by molar-refractivity contribution is 0.117. The molecule has 3 nitrogen and oxygen atoms in total. The molecule has 2 aliphatic carbocycles. The molecule has 0 aromatic rings. The van der Waals surface area contributed by atoms with Crippen LogP contribution in [0.2, 0.25) is 0 Å². The van der Waals surface area contributed by atoms with Crippen LogP contribution >= 0.6 is 0 Å². The molecular formula is C13H24N2O. The standard InChI is InChI=1S/C13H24N2O/c1-16-12-6-11(15-8-12)7-14-9-13(4-5-13)10-2-3-10/h10-12,14-15H,2-9H2,1H3. The molecular weight excluding hydrogens is 200 g/mol. The van der Waals surface area contributed by atoms with Gasteiger partial charge >= 0.3 is 0 Å². The maximum absolute atomic E-state index is 5.36. The van der Waals surface area contributed by atoms with Crippen molar-refractivity contribution in [3.63, 3.8) is 0 Å². The van der Waals surface area contributed by atoms with Gasteiger partial charge in [0, 0.05) is 32.8 Å². The van der Waals surface area contributed by atoms with Crippen LogP contribution in [0.5, 0.6) is 0 Å². The normalized spacial score (nSPS) is 36.6. The number of methoxy groups -OCH3 is 1. The van der Waals surface area contributed by atoms with E-state index in [1.54, 1.807) is 0 Å². The van der Waals surface area contributed by atoms with Crippen LogP contribution in [-0.4, -0.2) is 38.9 Å². The Morgan fingerprint density at radius 3 is 2.75 bits per heavy atom. The van der Waals surface area contributed by atoms with Crippen LogP contribution in [0.25, 0.3) is 0 Å². The molecule has 0 aromatic carbocycles. The van der Waals surface area contributed by atoms with E-state index in [-0.39, 0.29) is 0 Å². The monoisotopic (exact) mass is 224 g/mol. The van der Waals surface area contributed by atoms with Crippen LogP contribution in [0.1, 0.15) is 32.1 Å². The van der Waals surface area contributed by atoms with Crippen LogP contribution in [0.4, 0.5) is 0 Å². The van der Waals surface area contributed by atoms with E-state index in [0.717, 1.165) is 24.4 Å². The molecule has 0 amide bonds. The van der Waals surface area contributed by atoms with E-state index in [1.165, 1.54) is 38.6 Å². The first-order valence-electron chi connectivity index (χ1n) is 6.79. The van der Waals surface area contributed by atoms with Gasteiger partial charge in [-0.3, -0.25) is 0 Å². The minimum absolute atomic E-state index is 0.435. The highest BCUT2D eigenvalue weighted by Crippen LogP contribution is 2.60. The van der Waals surface area contributed by atoms with Crippen molar-refractivity contribution in [1.29, 1.82) is 0 Å². The summed E-state index contributed by atoms with van der Waals surface area (Å²) in [5.41, 5.74) is 0.735. The van der Waals surface area contributed by atoms with Crippen LogP contribution in [-0.2, 0) is 4.74 Å². The van der Waals surface area contributed by atoms with Gasteiger partial charge in [0.05, 0.1) is 6.10 Å². The second kappa shape index (κ2) is 4.28. The molecule has 92 valence electrons. The van der Waals surface area contributed by atoms with Crippen molar-refractivity contribution >= 4 is 0 Å². The lowest BCUT2D eigenvalue weighted by Gasteiger charge is -2.17. The maximum Gasteiger partial charge on any atom is 0.0711 e. The van der Waals surface area contributed by atoms with Crippen molar-refractivity contribution in [3.8, 4) is 0 Å². The summed E-state index contributed by atoms with van der Waals surface area (Å²) in [6, 6.07) is 0.625. The SMILES string of the molecule is COC1CNC(CNCC2(C3CC3)CC2)C1. The third-order valence-corrected chi connectivity index (χ3v) is 4.72. The van der Waals surface area contributed by atoms with Gasteiger partial charge < -0.3 is 15.4 Å². The predicted octanol–water partition coefficient (Wildman–Crippen LogP) is 1.14. The molecule has 1 saturated heterocycles. The summed E-state index contributed by atoms with van der Waals surface area (Å²) in [7, 11) is 1.81. The molecule has 16 heavy (non-hydrogen) atoms. The van der Waals surface area contributed by atoms with Crippen LogP contribution < -0.4 is 10.6 Å².